The molecule has 3 N–H and O–H groups in total. The maximum Gasteiger partial charge on any atom is 0.272 e. The molecule has 3 amide bonds. The summed E-state index contributed by atoms with van der Waals surface area (Å²) < 4.78 is 15.0. The number of carbonyl (C=O) groups excluding carboxylic acids is 3. The number of aromatic nitrogens is 2. The molecule has 0 spiro atoms. The summed E-state index contributed by atoms with van der Waals surface area (Å²) in [5.74, 6) is -1.74. The SMILES string of the molecule is Cc1nnc(NC(=O)CSc2ccc(NC(=O)C(=Cc3cc(Br)ccc3F)NC(=O)c3ccccc3)cc2)s1. The van der Waals surface area contributed by atoms with E-state index in [0.717, 1.165) is 9.90 Å². The van der Waals surface area contributed by atoms with Crippen molar-refractivity contribution in [1.29, 1.82) is 0 Å². The van der Waals surface area contributed by atoms with Gasteiger partial charge in [0.05, 0.1) is 5.75 Å². The Morgan fingerprint density at radius 2 is 1.74 bits per heavy atom. The standard InChI is InChI=1S/C27H21BrFN5O3S2/c1-16-33-34-27(39-16)32-24(35)15-38-21-10-8-20(9-11-21)30-26(37)23(14-18-13-19(28)7-12-22(18)29)31-25(36)17-5-3-2-4-6-17/h2-14H,15H2,1H3,(H,30,37)(H,31,36)(H,32,34,35). The number of aryl methyl sites for hydroxylation is 1. The molecule has 0 fully saturated rings. The van der Waals surface area contributed by atoms with Crippen molar-refractivity contribution >= 4 is 73.6 Å². The Bertz CT molecular complexity index is 1530. The van der Waals surface area contributed by atoms with Crippen LogP contribution in [0.15, 0.2) is 87.9 Å². The lowest BCUT2D eigenvalue weighted by atomic mass is 10.1. The number of thioether (sulfide) groups is 1. The highest BCUT2D eigenvalue weighted by Crippen LogP contribution is 2.22. The van der Waals surface area contributed by atoms with Crippen molar-refractivity contribution in [1.82, 2.24) is 15.5 Å². The van der Waals surface area contributed by atoms with Crippen molar-refractivity contribution in [2.75, 3.05) is 16.4 Å². The van der Waals surface area contributed by atoms with Crippen LogP contribution in [0.5, 0.6) is 0 Å². The fourth-order valence-electron chi connectivity index (χ4n) is 3.21. The molecule has 4 rings (SSSR count). The van der Waals surface area contributed by atoms with Gasteiger partial charge in [0.1, 0.15) is 16.5 Å². The summed E-state index contributed by atoms with van der Waals surface area (Å²) in [6.07, 6.45) is 1.28. The summed E-state index contributed by atoms with van der Waals surface area (Å²) in [6.45, 7) is 1.80. The zero-order valence-electron chi connectivity index (χ0n) is 20.4. The van der Waals surface area contributed by atoms with Crippen molar-refractivity contribution in [3.05, 3.63) is 105 Å². The number of nitrogens with zero attached hydrogens (tertiary/aromatic N) is 2. The fraction of sp³-hybridized carbons (Fsp3) is 0.0741. The van der Waals surface area contributed by atoms with E-state index >= 15 is 0 Å². The van der Waals surface area contributed by atoms with Gasteiger partial charge >= 0.3 is 0 Å². The number of amides is 3. The van der Waals surface area contributed by atoms with E-state index in [1.807, 2.05) is 0 Å². The number of nitrogens with one attached hydrogen (secondary N) is 3. The molecule has 0 aliphatic heterocycles. The van der Waals surface area contributed by atoms with Crippen molar-refractivity contribution in [3.8, 4) is 0 Å². The Balaban J connectivity index is 1.44. The van der Waals surface area contributed by atoms with Crippen molar-refractivity contribution in [2.24, 2.45) is 0 Å². The molecule has 0 aliphatic carbocycles. The molecule has 1 heterocycles. The van der Waals surface area contributed by atoms with E-state index in [2.05, 4.69) is 42.1 Å². The van der Waals surface area contributed by atoms with Crippen LogP contribution in [0.3, 0.4) is 0 Å². The topological polar surface area (TPSA) is 113 Å². The van der Waals surface area contributed by atoms with Gasteiger partial charge in [-0.2, -0.15) is 0 Å². The van der Waals surface area contributed by atoms with Gasteiger partial charge in [0.2, 0.25) is 11.0 Å². The Labute approximate surface area is 240 Å². The predicted octanol–water partition coefficient (Wildman–Crippen LogP) is 5.89. The van der Waals surface area contributed by atoms with Crippen LogP contribution in [0, 0.1) is 12.7 Å². The molecule has 4 aromatic rings. The van der Waals surface area contributed by atoms with Gasteiger partial charge in [0.15, 0.2) is 0 Å². The molecule has 39 heavy (non-hydrogen) atoms. The van der Waals surface area contributed by atoms with Crippen LogP contribution in [-0.2, 0) is 9.59 Å². The number of halogens is 2. The molecule has 198 valence electrons. The van der Waals surface area contributed by atoms with Gasteiger partial charge < -0.3 is 10.6 Å². The zero-order chi connectivity index (χ0) is 27.8. The minimum atomic E-state index is -0.634. The molecule has 0 unspecified atom stereocenters. The number of hydrogen-bond acceptors (Lipinski definition) is 7. The van der Waals surface area contributed by atoms with Crippen molar-refractivity contribution in [3.63, 3.8) is 0 Å². The molecule has 0 saturated carbocycles. The summed E-state index contributed by atoms with van der Waals surface area (Å²) >= 11 is 5.90. The first-order chi connectivity index (χ1) is 18.8. The third-order valence-corrected chi connectivity index (χ3v) is 7.30. The minimum Gasteiger partial charge on any atom is -0.321 e. The highest BCUT2D eigenvalue weighted by Gasteiger charge is 2.16. The van der Waals surface area contributed by atoms with Crippen LogP contribution < -0.4 is 16.0 Å². The summed E-state index contributed by atoms with van der Waals surface area (Å²) in [6, 6.07) is 19.5. The van der Waals surface area contributed by atoms with Crippen LogP contribution in [0.25, 0.3) is 6.08 Å². The van der Waals surface area contributed by atoms with Gasteiger partial charge in [-0.05, 0) is 67.6 Å². The third-order valence-electron chi connectivity index (χ3n) is 5.04. The van der Waals surface area contributed by atoms with E-state index in [1.54, 1.807) is 61.5 Å². The van der Waals surface area contributed by atoms with E-state index in [1.165, 1.54) is 47.4 Å². The van der Waals surface area contributed by atoms with E-state index in [9.17, 15) is 18.8 Å². The number of benzene rings is 3. The number of carbonyl (C=O) groups is 3. The largest absolute Gasteiger partial charge is 0.321 e. The zero-order valence-corrected chi connectivity index (χ0v) is 23.6. The average Bonchev–Trinajstić information content (AvgIpc) is 3.34. The first-order valence-corrected chi connectivity index (χ1v) is 14.0. The molecule has 0 aliphatic rings. The van der Waals surface area contributed by atoms with E-state index in [-0.39, 0.29) is 22.9 Å². The van der Waals surface area contributed by atoms with Crippen LogP contribution in [-0.4, -0.2) is 33.7 Å². The summed E-state index contributed by atoms with van der Waals surface area (Å²) in [5.41, 5.74) is 0.782. The summed E-state index contributed by atoms with van der Waals surface area (Å²) in [5, 5.41) is 16.9. The molecule has 3 aromatic carbocycles. The second kappa shape index (κ2) is 13.3. The van der Waals surface area contributed by atoms with Gasteiger partial charge in [-0.1, -0.05) is 45.5 Å². The molecule has 0 atom stereocenters. The van der Waals surface area contributed by atoms with Crippen LogP contribution in [0.4, 0.5) is 15.2 Å². The normalized spacial score (nSPS) is 11.1. The molecular weight excluding hydrogens is 605 g/mol. The van der Waals surface area contributed by atoms with Crippen LogP contribution in [0.2, 0.25) is 0 Å². The second-order valence-corrected chi connectivity index (χ2v) is 11.1. The lowest BCUT2D eigenvalue weighted by Crippen LogP contribution is -2.30. The predicted molar refractivity (Wildman–Crippen MR) is 155 cm³/mol. The lowest BCUT2D eigenvalue weighted by molar-refractivity contribution is -0.114. The van der Waals surface area contributed by atoms with E-state index < -0.39 is 17.6 Å². The van der Waals surface area contributed by atoms with Crippen molar-refractivity contribution in [2.45, 2.75) is 11.8 Å². The summed E-state index contributed by atoms with van der Waals surface area (Å²) in [4.78, 5) is 38.9. The Morgan fingerprint density at radius 1 is 1.00 bits per heavy atom. The number of anilines is 2. The van der Waals surface area contributed by atoms with Crippen LogP contribution in [0.1, 0.15) is 20.9 Å². The molecule has 8 nitrogen and oxygen atoms in total. The summed E-state index contributed by atoms with van der Waals surface area (Å²) in [7, 11) is 0. The van der Waals surface area contributed by atoms with Gasteiger partial charge in [-0.25, -0.2) is 4.39 Å². The fourth-order valence-corrected chi connectivity index (χ4v) is 4.89. The van der Waals surface area contributed by atoms with Crippen LogP contribution >= 0.6 is 39.0 Å². The smallest absolute Gasteiger partial charge is 0.272 e. The average molecular weight is 627 g/mol. The quantitative estimate of drug-likeness (QED) is 0.158. The van der Waals surface area contributed by atoms with Gasteiger partial charge in [-0.15, -0.1) is 22.0 Å². The van der Waals surface area contributed by atoms with Gasteiger partial charge in [-0.3, -0.25) is 19.7 Å². The highest BCUT2D eigenvalue weighted by atomic mass is 79.9. The molecular formula is C27H21BrFN5O3S2. The third kappa shape index (κ3) is 8.31. The Hall–Kier alpha value is -3.87. The molecule has 12 heteroatoms. The number of hydrogen-bond donors (Lipinski definition) is 3. The minimum absolute atomic E-state index is 0.122. The van der Waals surface area contributed by atoms with Gasteiger partial charge in [0.25, 0.3) is 11.8 Å². The van der Waals surface area contributed by atoms with E-state index in [4.69, 9.17) is 0 Å². The second-order valence-electron chi connectivity index (χ2n) is 7.99. The Kier molecular flexibility index (Phi) is 9.58. The first-order valence-electron chi connectivity index (χ1n) is 11.4. The van der Waals surface area contributed by atoms with Gasteiger partial charge in [0, 0.05) is 26.2 Å². The molecule has 0 radical (unpaired) electrons. The molecule has 0 bridgehead atoms. The van der Waals surface area contributed by atoms with Crippen molar-refractivity contribution < 1.29 is 18.8 Å². The van der Waals surface area contributed by atoms with E-state index in [0.29, 0.717) is 20.9 Å². The monoisotopic (exact) mass is 625 g/mol. The molecule has 1 aromatic heterocycles. The highest BCUT2D eigenvalue weighted by molar-refractivity contribution is 9.10. The Morgan fingerprint density at radius 3 is 2.44 bits per heavy atom. The maximum atomic E-state index is 14.4. The first kappa shape index (κ1) is 28.1. The number of rotatable bonds is 9. The maximum absolute atomic E-state index is 14.4. The molecule has 0 saturated heterocycles. The lowest BCUT2D eigenvalue weighted by Gasteiger charge is -2.12.